The normalized spacial score (nSPS) is 21.7. The molecule has 0 aliphatic carbocycles. The predicted octanol–water partition coefficient (Wildman–Crippen LogP) is 0.748. The van der Waals surface area contributed by atoms with Crippen molar-refractivity contribution < 1.29 is 22.9 Å². The minimum atomic E-state index is -3.69. The highest BCUT2D eigenvalue weighted by Gasteiger charge is 2.40. The van der Waals surface area contributed by atoms with Gasteiger partial charge in [-0.2, -0.15) is 4.31 Å². The van der Waals surface area contributed by atoms with Gasteiger partial charge in [0.1, 0.15) is 6.04 Å². The maximum atomic E-state index is 12.8. The van der Waals surface area contributed by atoms with Crippen LogP contribution in [0.5, 0.6) is 0 Å². The van der Waals surface area contributed by atoms with Crippen LogP contribution < -0.4 is 0 Å². The SMILES string of the molecule is O=C(C1CCCN1S(=O)(=O)Cc1ccc([N+](=O)[O-])cc1)N1CCOCC1. The van der Waals surface area contributed by atoms with E-state index in [1.165, 1.54) is 28.6 Å². The van der Waals surface area contributed by atoms with Gasteiger partial charge in [0.2, 0.25) is 15.9 Å². The largest absolute Gasteiger partial charge is 0.378 e. The summed E-state index contributed by atoms with van der Waals surface area (Å²) in [4.78, 5) is 24.6. The summed E-state index contributed by atoms with van der Waals surface area (Å²) in [6.07, 6.45) is 1.15. The summed E-state index contributed by atoms with van der Waals surface area (Å²) in [5.41, 5.74) is 0.368. The van der Waals surface area contributed by atoms with E-state index < -0.39 is 21.0 Å². The lowest BCUT2D eigenvalue weighted by atomic mass is 10.2. The van der Waals surface area contributed by atoms with Gasteiger partial charge in [0.15, 0.2) is 0 Å². The van der Waals surface area contributed by atoms with Gasteiger partial charge < -0.3 is 9.64 Å². The van der Waals surface area contributed by atoms with Crippen molar-refractivity contribution in [2.45, 2.75) is 24.6 Å². The van der Waals surface area contributed by atoms with Crippen LogP contribution in [0.4, 0.5) is 5.69 Å². The first kappa shape index (κ1) is 18.7. The second-order valence-electron chi connectivity index (χ2n) is 6.39. The molecular weight excluding hydrogens is 362 g/mol. The Morgan fingerprint density at radius 3 is 2.46 bits per heavy atom. The van der Waals surface area contributed by atoms with Gasteiger partial charge in [-0.15, -0.1) is 0 Å². The van der Waals surface area contributed by atoms with Gasteiger partial charge in [0, 0.05) is 31.8 Å². The molecule has 2 heterocycles. The second-order valence-corrected chi connectivity index (χ2v) is 8.31. The number of benzene rings is 1. The fourth-order valence-corrected chi connectivity index (χ4v) is 5.09. The molecule has 9 nitrogen and oxygen atoms in total. The summed E-state index contributed by atoms with van der Waals surface area (Å²) in [5, 5.41) is 10.7. The van der Waals surface area contributed by atoms with E-state index >= 15 is 0 Å². The third-order valence-corrected chi connectivity index (χ3v) is 6.51. The number of ether oxygens (including phenoxy) is 1. The number of hydrogen-bond acceptors (Lipinski definition) is 6. The molecule has 1 aromatic rings. The van der Waals surface area contributed by atoms with Crippen molar-refractivity contribution in [3.8, 4) is 0 Å². The van der Waals surface area contributed by atoms with E-state index in [1.54, 1.807) is 4.90 Å². The number of non-ortho nitro benzene ring substituents is 1. The topological polar surface area (TPSA) is 110 Å². The lowest BCUT2D eigenvalue weighted by molar-refractivity contribution is -0.384. The summed E-state index contributed by atoms with van der Waals surface area (Å²) in [5.74, 6) is -0.448. The molecule has 1 amide bonds. The Hall–Kier alpha value is -2.04. The van der Waals surface area contributed by atoms with Gasteiger partial charge >= 0.3 is 0 Å². The molecule has 1 aromatic carbocycles. The van der Waals surface area contributed by atoms with Crippen molar-refractivity contribution in [3.05, 3.63) is 39.9 Å². The first-order valence-electron chi connectivity index (χ1n) is 8.48. The van der Waals surface area contributed by atoms with E-state index in [0.717, 1.165) is 0 Å². The molecule has 2 aliphatic rings. The number of morpholine rings is 1. The van der Waals surface area contributed by atoms with Crippen LogP contribution in [-0.2, 0) is 25.3 Å². The van der Waals surface area contributed by atoms with Crippen molar-refractivity contribution in [3.63, 3.8) is 0 Å². The maximum absolute atomic E-state index is 12.8. The molecule has 26 heavy (non-hydrogen) atoms. The standard InChI is InChI=1S/C16H21N3O6S/c20-16(17-8-10-25-11-9-17)15-2-1-7-18(15)26(23,24)12-13-3-5-14(6-4-13)19(21)22/h3-6,15H,1-2,7-12H2. The highest BCUT2D eigenvalue weighted by Crippen LogP contribution is 2.26. The molecule has 2 saturated heterocycles. The van der Waals surface area contributed by atoms with E-state index in [2.05, 4.69) is 0 Å². The molecule has 0 saturated carbocycles. The van der Waals surface area contributed by atoms with Crippen LogP contribution in [0.3, 0.4) is 0 Å². The Bertz CT molecular complexity index is 774. The Labute approximate surface area is 151 Å². The summed E-state index contributed by atoms with van der Waals surface area (Å²) in [7, 11) is -3.69. The number of nitro groups is 1. The molecule has 0 spiro atoms. The predicted molar refractivity (Wildman–Crippen MR) is 92.8 cm³/mol. The fourth-order valence-electron chi connectivity index (χ4n) is 3.32. The fraction of sp³-hybridized carbons (Fsp3) is 0.562. The zero-order valence-electron chi connectivity index (χ0n) is 14.2. The number of nitro benzene ring substituents is 1. The lowest BCUT2D eigenvalue weighted by Gasteiger charge is -2.32. The number of nitrogens with zero attached hydrogens (tertiary/aromatic N) is 3. The minimum absolute atomic E-state index is 0.0901. The Morgan fingerprint density at radius 1 is 1.19 bits per heavy atom. The summed E-state index contributed by atoms with van der Waals surface area (Å²) in [6.45, 7) is 2.20. The van der Waals surface area contributed by atoms with Gasteiger partial charge in [0.25, 0.3) is 5.69 Å². The van der Waals surface area contributed by atoms with E-state index in [4.69, 9.17) is 4.74 Å². The lowest BCUT2D eigenvalue weighted by Crippen LogP contribution is -2.51. The van der Waals surface area contributed by atoms with Gasteiger partial charge in [-0.05, 0) is 18.4 Å². The van der Waals surface area contributed by atoms with Gasteiger partial charge in [-0.3, -0.25) is 14.9 Å². The first-order chi connectivity index (χ1) is 12.4. The quantitative estimate of drug-likeness (QED) is 0.548. The molecule has 10 heteroatoms. The van der Waals surface area contributed by atoms with Crippen LogP contribution in [0.25, 0.3) is 0 Å². The van der Waals surface area contributed by atoms with Crippen molar-refractivity contribution >= 4 is 21.6 Å². The van der Waals surface area contributed by atoms with Crippen LogP contribution >= 0.6 is 0 Å². The van der Waals surface area contributed by atoms with Crippen molar-refractivity contribution in [2.24, 2.45) is 0 Å². The Kier molecular flexibility index (Phi) is 5.54. The average molecular weight is 383 g/mol. The van der Waals surface area contributed by atoms with E-state index in [0.29, 0.717) is 51.3 Å². The number of carbonyl (C=O) groups excluding carboxylic acids is 1. The molecule has 1 unspecified atom stereocenters. The third-order valence-electron chi connectivity index (χ3n) is 4.67. The molecule has 2 aliphatic heterocycles. The van der Waals surface area contributed by atoms with Gasteiger partial charge in [-0.25, -0.2) is 8.42 Å². The molecule has 2 fully saturated rings. The molecule has 0 aromatic heterocycles. The minimum Gasteiger partial charge on any atom is -0.378 e. The van der Waals surface area contributed by atoms with Crippen molar-refractivity contribution in [1.29, 1.82) is 0 Å². The number of rotatable bonds is 5. The molecule has 3 rings (SSSR count). The van der Waals surface area contributed by atoms with Crippen LogP contribution in [0.2, 0.25) is 0 Å². The van der Waals surface area contributed by atoms with Crippen LogP contribution in [0.15, 0.2) is 24.3 Å². The van der Waals surface area contributed by atoms with E-state index in [1.807, 2.05) is 0 Å². The summed E-state index contributed by atoms with van der Waals surface area (Å²) in [6, 6.07) is 4.77. The molecule has 0 N–H and O–H groups in total. The van der Waals surface area contributed by atoms with Gasteiger partial charge in [0.05, 0.1) is 23.9 Å². The van der Waals surface area contributed by atoms with Crippen LogP contribution in [-0.4, -0.2) is 67.3 Å². The first-order valence-corrected chi connectivity index (χ1v) is 10.1. The van der Waals surface area contributed by atoms with Crippen LogP contribution in [0, 0.1) is 10.1 Å². The molecule has 142 valence electrons. The Morgan fingerprint density at radius 2 is 1.85 bits per heavy atom. The Balaban J connectivity index is 1.72. The number of amides is 1. The molecule has 0 radical (unpaired) electrons. The molecule has 1 atom stereocenters. The van der Waals surface area contributed by atoms with Crippen molar-refractivity contribution in [1.82, 2.24) is 9.21 Å². The van der Waals surface area contributed by atoms with Gasteiger partial charge in [-0.1, -0.05) is 12.1 Å². The number of hydrogen-bond donors (Lipinski definition) is 0. The second kappa shape index (κ2) is 7.68. The number of carbonyl (C=O) groups is 1. The maximum Gasteiger partial charge on any atom is 0.269 e. The highest BCUT2D eigenvalue weighted by molar-refractivity contribution is 7.88. The zero-order valence-corrected chi connectivity index (χ0v) is 15.1. The van der Waals surface area contributed by atoms with E-state index in [-0.39, 0.29) is 17.3 Å². The highest BCUT2D eigenvalue weighted by atomic mass is 32.2. The average Bonchev–Trinajstić information content (AvgIpc) is 3.13. The van der Waals surface area contributed by atoms with Crippen molar-refractivity contribution in [2.75, 3.05) is 32.8 Å². The van der Waals surface area contributed by atoms with Crippen LogP contribution in [0.1, 0.15) is 18.4 Å². The molecule has 0 bridgehead atoms. The zero-order chi connectivity index (χ0) is 18.7. The molecular formula is C16H21N3O6S. The monoisotopic (exact) mass is 383 g/mol. The smallest absolute Gasteiger partial charge is 0.269 e. The summed E-state index contributed by atoms with van der Waals surface area (Å²) < 4.78 is 32.2. The van der Waals surface area contributed by atoms with E-state index in [9.17, 15) is 23.3 Å². The summed E-state index contributed by atoms with van der Waals surface area (Å²) >= 11 is 0. The third kappa shape index (κ3) is 4.02. The number of sulfonamides is 1.